The number of hydrogen-bond acceptors (Lipinski definition) is 5. The molecule has 6 nitrogen and oxygen atoms in total. The third-order valence-corrected chi connectivity index (χ3v) is 4.91. The van der Waals surface area contributed by atoms with Crippen molar-refractivity contribution >= 4 is 24.5 Å². The second kappa shape index (κ2) is 9.70. The summed E-state index contributed by atoms with van der Waals surface area (Å²) in [6.07, 6.45) is -3.24. The molecule has 0 unspecified atom stereocenters. The average molecular weight is 474 g/mol. The highest BCUT2D eigenvalue weighted by atomic mass is 19.4. The molecule has 0 saturated carbocycles. The molecule has 34 heavy (non-hydrogen) atoms. The lowest BCUT2D eigenvalue weighted by atomic mass is 10.0. The second-order valence-corrected chi connectivity index (χ2v) is 8.82. The minimum atomic E-state index is -4.54. The van der Waals surface area contributed by atoms with Crippen molar-refractivity contribution < 1.29 is 32.2 Å². The largest absolute Gasteiger partial charge is 0.444 e. The highest BCUT2D eigenvalue weighted by Crippen LogP contribution is 2.31. The minimum Gasteiger partial charge on any atom is -0.444 e. The lowest BCUT2D eigenvalue weighted by Gasteiger charge is -2.24. The summed E-state index contributed by atoms with van der Waals surface area (Å²) in [7, 11) is 0. The van der Waals surface area contributed by atoms with E-state index in [9.17, 15) is 22.8 Å². The maximum Gasteiger partial charge on any atom is 0.416 e. The van der Waals surface area contributed by atoms with E-state index in [0.717, 1.165) is 28.8 Å². The van der Waals surface area contributed by atoms with Crippen molar-refractivity contribution in [2.45, 2.75) is 52.6 Å². The van der Waals surface area contributed by atoms with E-state index in [4.69, 9.17) is 9.47 Å². The zero-order valence-electron chi connectivity index (χ0n) is 19.3. The quantitative estimate of drug-likeness (QED) is 0.313. The molecule has 0 aromatic heterocycles. The van der Waals surface area contributed by atoms with Crippen molar-refractivity contribution in [1.29, 1.82) is 0 Å². The van der Waals surface area contributed by atoms with Crippen LogP contribution in [0, 0.1) is 0 Å². The van der Waals surface area contributed by atoms with Gasteiger partial charge in [0.1, 0.15) is 5.60 Å². The molecular weight excluding hydrogens is 449 g/mol. The summed E-state index contributed by atoms with van der Waals surface area (Å²) in [6, 6.07) is 10.00. The maximum atomic E-state index is 13.1. The molecule has 3 rings (SSSR count). The number of carbonyl (C=O) groups excluding carboxylic acids is 2. The zero-order chi connectivity index (χ0) is 25.1. The fourth-order valence-corrected chi connectivity index (χ4v) is 3.49. The molecule has 0 fully saturated rings. The maximum absolute atomic E-state index is 13.1. The monoisotopic (exact) mass is 474 g/mol. The lowest BCUT2D eigenvalue weighted by Crippen LogP contribution is -2.33. The number of allylic oxidation sites excluding steroid dienone is 1. The van der Waals surface area contributed by atoms with Gasteiger partial charge in [0.25, 0.3) is 6.47 Å². The van der Waals surface area contributed by atoms with Crippen molar-refractivity contribution in [2.75, 3.05) is 0 Å². The fourth-order valence-electron chi connectivity index (χ4n) is 3.49. The number of alkyl halides is 3. The second-order valence-electron chi connectivity index (χ2n) is 8.82. The zero-order valence-corrected chi connectivity index (χ0v) is 19.3. The van der Waals surface area contributed by atoms with Crippen LogP contribution < -0.4 is 0 Å². The van der Waals surface area contributed by atoms with Gasteiger partial charge in [-0.3, -0.25) is 9.69 Å². The Labute approximate surface area is 195 Å². The van der Waals surface area contributed by atoms with Crippen molar-refractivity contribution in [3.8, 4) is 0 Å². The highest BCUT2D eigenvalue weighted by Gasteiger charge is 2.31. The molecular formula is C25H25F3N2O4. The van der Waals surface area contributed by atoms with Crippen molar-refractivity contribution in [3.63, 3.8) is 0 Å². The molecule has 2 aromatic rings. The number of rotatable bonds is 4. The number of fused-ring (bicyclic) bond motifs is 1. The number of ether oxygens (including phenoxy) is 2. The first kappa shape index (κ1) is 25.0. The molecule has 2 aromatic carbocycles. The van der Waals surface area contributed by atoms with Crippen LogP contribution in [0.15, 0.2) is 53.2 Å². The number of aliphatic imine (C=N–C) groups is 1. The molecule has 1 aliphatic heterocycles. The van der Waals surface area contributed by atoms with Gasteiger partial charge in [0.05, 0.1) is 12.1 Å². The number of hydrogen-bond donors (Lipinski definition) is 0. The van der Waals surface area contributed by atoms with Gasteiger partial charge in [-0.1, -0.05) is 24.3 Å². The molecule has 0 atom stereocenters. The van der Waals surface area contributed by atoms with E-state index in [2.05, 4.69) is 4.99 Å². The summed E-state index contributed by atoms with van der Waals surface area (Å²) in [4.78, 5) is 29.3. The van der Waals surface area contributed by atoms with Gasteiger partial charge in [0.2, 0.25) is 5.90 Å². The van der Waals surface area contributed by atoms with E-state index in [-0.39, 0.29) is 17.9 Å². The summed E-state index contributed by atoms with van der Waals surface area (Å²) >= 11 is 0. The van der Waals surface area contributed by atoms with E-state index in [1.807, 2.05) is 18.2 Å². The Morgan fingerprint density at radius 2 is 1.79 bits per heavy atom. The Bertz CT molecular complexity index is 1150. The van der Waals surface area contributed by atoms with Crippen LogP contribution in [0.4, 0.5) is 18.0 Å². The molecule has 0 saturated heterocycles. The predicted molar refractivity (Wildman–Crippen MR) is 121 cm³/mol. The lowest BCUT2D eigenvalue weighted by molar-refractivity contribution is -0.137. The van der Waals surface area contributed by atoms with Crippen LogP contribution in [0.1, 0.15) is 55.5 Å². The highest BCUT2D eigenvalue weighted by molar-refractivity contribution is 5.98. The minimum absolute atomic E-state index is 0.0177. The number of amides is 1. The number of halogens is 3. The average Bonchev–Trinajstić information content (AvgIpc) is 3.17. The third kappa shape index (κ3) is 6.24. The van der Waals surface area contributed by atoms with Gasteiger partial charge >= 0.3 is 12.3 Å². The normalized spacial score (nSPS) is 14.6. The standard InChI is InChI=1S/C25H25F3N2O4/c1-16(29-22(33-15-31)18-8-6-10-20(12-18)25(26,27)28)11-17-7-5-9-19-13-30(14-21(17)19)23(32)34-24(2,3)4/h5-12,15H,13-14H2,1-4H3/b16-11+,29-22?. The van der Waals surface area contributed by atoms with Crippen molar-refractivity contribution in [1.82, 2.24) is 4.90 Å². The predicted octanol–water partition coefficient (Wildman–Crippen LogP) is 5.94. The Hall–Kier alpha value is -3.62. The number of nitrogens with zero attached hydrogens (tertiary/aromatic N) is 2. The fraction of sp³-hybridized carbons (Fsp3) is 0.320. The van der Waals surface area contributed by atoms with Gasteiger partial charge in [0.15, 0.2) is 0 Å². The Kier molecular flexibility index (Phi) is 7.14. The molecule has 0 radical (unpaired) electrons. The van der Waals surface area contributed by atoms with E-state index in [1.54, 1.807) is 38.7 Å². The molecule has 1 amide bonds. The van der Waals surface area contributed by atoms with Crippen LogP contribution in [-0.2, 0) is 33.5 Å². The topological polar surface area (TPSA) is 68.2 Å². The third-order valence-electron chi connectivity index (χ3n) is 4.91. The van der Waals surface area contributed by atoms with Crippen LogP contribution in [0.2, 0.25) is 0 Å². The van der Waals surface area contributed by atoms with Gasteiger partial charge in [-0.15, -0.1) is 0 Å². The first-order chi connectivity index (χ1) is 15.9. The molecule has 0 aliphatic carbocycles. The summed E-state index contributed by atoms with van der Waals surface area (Å²) in [5.41, 5.74) is 1.59. The van der Waals surface area contributed by atoms with Crippen molar-refractivity contribution in [3.05, 3.63) is 76.0 Å². The summed E-state index contributed by atoms with van der Waals surface area (Å²) < 4.78 is 49.6. The molecule has 0 bridgehead atoms. The number of benzene rings is 2. The van der Waals surface area contributed by atoms with Gasteiger partial charge in [-0.05, 0) is 68.7 Å². The Morgan fingerprint density at radius 3 is 2.44 bits per heavy atom. The Morgan fingerprint density at radius 1 is 1.09 bits per heavy atom. The van der Waals surface area contributed by atoms with Crippen LogP contribution in [0.3, 0.4) is 0 Å². The molecule has 1 aliphatic rings. The molecule has 180 valence electrons. The summed E-state index contributed by atoms with van der Waals surface area (Å²) in [5.74, 6) is -0.252. The SMILES string of the molecule is C/C(=C\c1cccc2c1CN(C(=O)OC(C)(C)C)C2)N=C(OC=O)c1cccc(C(F)(F)F)c1. The van der Waals surface area contributed by atoms with Gasteiger partial charge < -0.3 is 9.47 Å². The first-order valence-corrected chi connectivity index (χ1v) is 10.5. The molecule has 0 N–H and O–H groups in total. The van der Waals surface area contributed by atoms with Crippen LogP contribution in [0.25, 0.3) is 6.08 Å². The van der Waals surface area contributed by atoms with Crippen LogP contribution in [-0.4, -0.2) is 29.0 Å². The first-order valence-electron chi connectivity index (χ1n) is 10.5. The van der Waals surface area contributed by atoms with Crippen LogP contribution in [0.5, 0.6) is 0 Å². The van der Waals surface area contributed by atoms with E-state index in [1.165, 1.54) is 12.1 Å². The van der Waals surface area contributed by atoms with E-state index < -0.39 is 23.4 Å². The van der Waals surface area contributed by atoms with E-state index >= 15 is 0 Å². The molecule has 9 heteroatoms. The van der Waals surface area contributed by atoms with Gasteiger partial charge in [-0.2, -0.15) is 13.2 Å². The van der Waals surface area contributed by atoms with Gasteiger partial charge in [0, 0.05) is 17.8 Å². The van der Waals surface area contributed by atoms with E-state index in [0.29, 0.717) is 18.8 Å². The Balaban J connectivity index is 1.89. The smallest absolute Gasteiger partial charge is 0.416 e. The van der Waals surface area contributed by atoms with Crippen LogP contribution >= 0.6 is 0 Å². The molecule has 1 heterocycles. The molecule has 0 spiro atoms. The number of carbonyl (C=O) groups is 2. The summed E-state index contributed by atoms with van der Waals surface area (Å²) in [6.45, 7) is 7.90. The van der Waals surface area contributed by atoms with Crippen molar-refractivity contribution in [2.24, 2.45) is 4.99 Å². The summed E-state index contributed by atoms with van der Waals surface area (Å²) in [5, 5.41) is 0. The van der Waals surface area contributed by atoms with Gasteiger partial charge in [-0.25, -0.2) is 9.79 Å².